The maximum absolute atomic E-state index is 13.5. The third-order valence-electron chi connectivity index (χ3n) is 4.03. The minimum absolute atomic E-state index is 0.0238. The highest BCUT2D eigenvalue weighted by Gasteiger charge is 2.39. The van der Waals surface area contributed by atoms with Crippen LogP contribution in [0.4, 0.5) is 15.8 Å². The maximum Gasteiger partial charge on any atom is 0.279 e. The Morgan fingerprint density at radius 1 is 1.27 bits per heavy atom. The summed E-state index contributed by atoms with van der Waals surface area (Å²) in [5.41, 5.74) is 0.485. The van der Waals surface area contributed by atoms with Crippen LogP contribution in [0, 0.1) is 15.9 Å². The molecule has 0 aromatic heterocycles. The highest BCUT2D eigenvalue weighted by Crippen LogP contribution is 2.48. The van der Waals surface area contributed by atoms with Crippen LogP contribution in [-0.4, -0.2) is 23.4 Å². The molecule has 2 aromatic rings. The van der Waals surface area contributed by atoms with E-state index in [0.717, 1.165) is 6.07 Å². The fraction of sp³-hybridized carbons (Fsp3) is 0.188. The Bertz CT molecular complexity index is 941. The average Bonchev–Trinajstić information content (AvgIpc) is 3.22. The number of ether oxygens (including phenoxy) is 2. The van der Waals surface area contributed by atoms with Gasteiger partial charge in [-0.15, -0.1) is 11.8 Å². The molecule has 2 aliphatic heterocycles. The lowest BCUT2D eigenvalue weighted by molar-refractivity contribution is -0.385. The lowest BCUT2D eigenvalue weighted by Crippen LogP contribution is -2.28. The average molecular weight is 397 g/mol. The topological polar surface area (TPSA) is 81.9 Å². The molecule has 1 amide bonds. The highest BCUT2D eigenvalue weighted by atomic mass is 35.5. The second-order valence-electron chi connectivity index (χ2n) is 5.55. The van der Waals surface area contributed by atoms with Crippen molar-refractivity contribution < 1.29 is 23.6 Å². The number of carbonyl (C=O) groups is 1. The second kappa shape index (κ2) is 6.33. The van der Waals surface area contributed by atoms with Crippen molar-refractivity contribution in [3.8, 4) is 11.5 Å². The van der Waals surface area contributed by atoms with Crippen LogP contribution in [0.25, 0.3) is 0 Å². The Morgan fingerprint density at radius 2 is 2.00 bits per heavy atom. The van der Waals surface area contributed by atoms with Gasteiger partial charge in [-0.2, -0.15) is 0 Å². The third-order valence-corrected chi connectivity index (χ3v) is 5.52. The van der Waals surface area contributed by atoms with E-state index in [-0.39, 0.29) is 34.9 Å². The zero-order valence-corrected chi connectivity index (χ0v) is 14.6. The quantitative estimate of drug-likeness (QED) is 0.578. The normalized spacial score (nSPS) is 18.5. The molecule has 0 aliphatic carbocycles. The van der Waals surface area contributed by atoms with Crippen molar-refractivity contribution >= 4 is 40.6 Å². The number of nitro benzene ring substituents is 1. The third kappa shape index (κ3) is 2.73. The van der Waals surface area contributed by atoms with Crippen LogP contribution in [0.1, 0.15) is 10.9 Å². The number of nitrogens with zero attached hydrogens (tertiary/aromatic N) is 2. The van der Waals surface area contributed by atoms with Gasteiger partial charge in [0.25, 0.3) is 5.69 Å². The molecule has 0 N–H and O–H groups in total. The first-order chi connectivity index (χ1) is 12.5. The van der Waals surface area contributed by atoms with Gasteiger partial charge in [0.1, 0.15) is 11.2 Å². The summed E-state index contributed by atoms with van der Waals surface area (Å²) in [6.07, 6.45) is 0. The number of rotatable bonds is 3. The van der Waals surface area contributed by atoms with Crippen LogP contribution in [-0.2, 0) is 4.79 Å². The van der Waals surface area contributed by atoms with Gasteiger partial charge in [0.05, 0.1) is 27.3 Å². The Labute approximate surface area is 155 Å². The molecule has 134 valence electrons. The molecule has 1 fully saturated rings. The molecule has 0 spiro atoms. The minimum atomic E-state index is -0.668. The first-order valence-corrected chi connectivity index (χ1v) is 8.85. The lowest BCUT2D eigenvalue weighted by atomic mass is 10.1. The van der Waals surface area contributed by atoms with Crippen LogP contribution in [0.15, 0.2) is 30.3 Å². The summed E-state index contributed by atoms with van der Waals surface area (Å²) in [5.74, 6) is -0.0746. The van der Waals surface area contributed by atoms with Gasteiger partial charge in [0.2, 0.25) is 12.7 Å². The Hall–Kier alpha value is -2.52. The van der Waals surface area contributed by atoms with E-state index in [1.807, 2.05) is 0 Å². The Morgan fingerprint density at radius 3 is 2.69 bits per heavy atom. The van der Waals surface area contributed by atoms with Gasteiger partial charge >= 0.3 is 0 Å². The predicted octanol–water partition coefficient (Wildman–Crippen LogP) is 3.89. The van der Waals surface area contributed by atoms with Crippen molar-refractivity contribution in [2.24, 2.45) is 0 Å². The number of thioether (sulfide) groups is 1. The van der Waals surface area contributed by atoms with Crippen LogP contribution in [0.3, 0.4) is 0 Å². The number of hydrogen-bond acceptors (Lipinski definition) is 6. The predicted molar refractivity (Wildman–Crippen MR) is 93.3 cm³/mol. The molecule has 4 rings (SSSR count). The van der Waals surface area contributed by atoms with Crippen LogP contribution in [0.2, 0.25) is 5.02 Å². The summed E-state index contributed by atoms with van der Waals surface area (Å²) in [5, 5.41) is 10.7. The number of carbonyl (C=O) groups excluding carboxylic acids is 1. The van der Waals surface area contributed by atoms with Crippen molar-refractivity contribution in [3.63, 3.8) is 0 Å². The van der Waals surface area contributed by atoms with Crippen LogP contribution >= 0.6 is 23.4 Å². The molecule has 0 unspecified atom stereocenters. The van der Waals surface area contributed by atoms with E-state index in [4.69, 9.17) is 21.1 Å². The van der Waals surface area contributed by atoms with E-state index in [9.17, 15) is 19.3 Å². The van der Waals surface area contributed by atoms with Crippen molar-refractivity contribution in [2.75, 3.05) is 17.4 Å². The van der Waals surface area contributed by atoms with E-state index >= 15 is 0 Å². The molecule has 1 saturated heterocycles. The molecule has 26 heavy (non-hydrogen) atoms. The lowest BCUT2D eigenvalue weighted by Gasteiger charge is -2.24. The summed E-state index contributed by atoms with van der Waals surface area (Å²) in [7, 11) is 0. The molecule has 2 aliphatic rings. The van der Waals surface area contributed by atoms with E-state index in [1.165, 1.54) is 40.9 Å². The van der Waals surface area contributed by atoms with Crippen molar-refractivity contribution in [1.82, 2.24) is 0 Å². The number of anilines is 1. The van der Waals surface area contributed by atoms with Gasteiger partial charge < -0.3 is 9.47 Å². The molecular weight excluding hydrogens is 387 g/mol. The number of nitro groups is 1. The van der Waals surface area contributed by atoms with Crippen molar-refractivity contribution in [3.05, 3.63) is 56.8 Å². The molecule has 10 heteroatoms. The zero-order chi connectivity index (χ0) is 18.4. The largest absolute Gasteiger partial charge is 0.454 e. The van der Waals surface area contributed by atoms with E-state index < -0.39 is 16.1 Å². The molecule has 2 aromatic carbocycles. The minimum Gasteiger partial charge on any atom is -0.454 e. The number of fused-ring (bicyclic) bond motifs is 1. The smallest absolute Gasteiger partial charge is 0.279 e. The van der Waals surface area contributed by atoms with Gasteiger partial charge in [0.15, 0.2) is 11.5 Å². The monoisotopic (exact) mass is 396 g/mol. The van der Waals surface area contributed by atoms with Gasteiger partial charge in [0, 0.05) is 5.69 Å². The number of hydrogen-bond donors (Lipinski definition) is 0. The SMILES string of the molecule is O=C1CS[C@H](c2cc3c(cc2[N+](=O)[O-])OCO3)N1c1ccc(F)c(Cl)c1. The molecular formula is C16H10ClFN2O5S. The van der Waals surface area contributed by atoms with Gasteiger partial charge in [-0.05, 0) is 24.3 Å². The number of halogens is 2. The van der Waals surface area contributed by atoms with Crippen molar-refractivity contribution in [2.45, 2.75) is 5.37 Å². The number of amides is 1. The van der Waals surface area contributed by atoms with E-state index in [2.05, 4.69) is 0 Å². The van der Waals surface area contributed by atoms with E-state index in [0.29, 0.717) is 17.0 Å². The zero-order valence-electron chi connectivity index (χ0n) is 13.0. The summed E-state index contributed by atoms with van der Waals surface area (Å²) in [4.78, 5) is 24.8. The first-order valence-electron chi connectivity index (χ1n) is 7.42. The Balaban J connectivity index is 1.82. The number of benzene rings is 2. The maximum atomic E-state index is 13.5. The van der Waals surface area contributed by atoms with Crippen LogP contribution in [0.5, 0.6) is 11.5 Å². The molecule has 2 heterocycles. The second-order valence-corrected chi connectivity index (χ2v) is 7.02. The summed E-state index contributed by atoms with van der Waals surface area (Å²) in [6, 6.07) is 6.69. The summed E-state index contributed by atoms with van der Waals surface area (Å²) in [6.45, 7) is -0.0238. The molecule has 1 atom stereocenters. The fourth-order valence-corrected chi connectivity index (χ4v) is 4.24. The van der Waals surface area contributed by atoms with Crippen molar-refractivity contribution in [1.29, 1.82) is 0 Å². The first kappa shape index (κ1) is 16.9. The highest BCUT2D eigenvalue weighted by molar-refractivity contribution is 8.00. The van der Waals surface area contributed by atoms with Gasteiger partial charge in [-0.3, -0.25) is 19.8 Å². The van der Waals surface area contributed by atoms with Gasteiger partial charge in [-0.1, -0.05) is 11.6 Å². The molecule has 0 radical (unpaired) electrons. The summed E-state index contributed by atoms with van der Waals surface area (Å²) < 4.78 is 24.0. The Kier molecular flexibility index (Phi) is 4.12. The molecule has 0 bridgehead atoms. The molecule has 7 nitrogen and oxygen atoms in total. The van der Waals surface area contributed by atoms with Gasteiger partial charge in [-0.25, -0.2) is 4.39 Å². The van der Waals surface area contributed by atoms with Crippen LogP contribution < -0.4 is 14.4 Å². The standard InChI is InChI=1S/C16H10ClFN2O5S/c17-10-3-8(1-2-11(10)18)19-15(21)6-26-16(19)9-4-13-14(25-7-24-13)5-12(9)20(22)23/h1-5,16H,6-7H2/t16-/m1/s1. The van der Waals surface area contributed by atoms with E-state index in [1.54, 1.807) is 0 Å². The molecule has 0 saturated carbocycles. The fourth-order valence-electron chi connectivity index (χ4n) is 2.87. The summed E-state index contributed by atoms with van der Waals surface area (Å²) >= 11 is 7.06.